The van der Waals surface area contributed by atoms with Crippen LogP contribution in [0, 0.1) is 23.7 Å². The van der Waals surface area contributed by atoms with E-state index in [0.29, 0.717) is 23.0 Å². The van der Waals surface area contributed by atoms with Gasteiger partial charge in [0.1, 0.15) is 0 Å². The highest BCUT2D eigenvalue weighted by Crippen LogP contribution is 2.46. The van der Waals surface area contributed by atoms with E-state index in [1.807, 2.05) is 0 Å². The summed E-state index contributed by atoms with van der Waals surface area (Å²) in [6.45, 7) is 21.3. The predicted molar refractivity (Wildman–Crippen MR) is 78.7 cm³/mol. The Balaban J connectivity index is 2.82. The van der Waals surface area contributed by atoms with Crippen molar-refractivity contribution in [3.8, 4) is 0 Å². The number of hydrogen-bond acceptors (Lipinski definition) is 1. The molecule has 0 saturated heterocycles. The van der Waals surface area contributed by atoms with E-state index in [9.17, 15) is 0 Å². The predicted octanol–water partition coefficient (Wildman–Crippen LogP) is 4.93. The summed E-state index contributed by atoms with van der Waals surface area (Å²) < 4.78 is 6.67. The van der Waals surface area contributed by atoms with Crippen molar-refractivity contribution >= 4 is 8.32 Å². The fourth-order valence-corrected chi connectivity index (χ4v) is 4.23. The van der Waals surface area contributed by atoms with Crippen molar-refractivity contribution in [2.45, 2.75) is 72.7 Å². The Morgan fingerprint density at radius 3 is 1.41 bits per heavy atom. The molecule has 1 nitrogen and oxygen atoms in total. The molecule has 0 heterocycles. The first kappa shape index (κ1) is 15.2. The van der Waals surface area contributed by atoms with E-state index >= 15 is 0 Å². The third-order valence-electron chi connectivity index (χ3n) is 5.76. The van der Waals surface area contributed by atoms with Gasteiger partial charge in [-0.15, -0.1) is 0 Å². The van der Waals surface area contributed by atoms with Gasteiger partial charge in [-0.05, 0) is 41.8 Å². The lowest BCUT2D eigenvalue weighted by Gasteiger charge is -2.41. The summed E-state index contributed by atoms with van der Waals surface area (Å²) in [6, 6.07) is 0. The Morgan fingerprint density at radius 2 is 1.12 bits per heavy atom. The van der Waals surface area contributed by atoms with Gasteiger partial charge in [0.25, 0.3) is 0 Å². The summed E-state index contributed by atoms with van der Waals surface area (Å²) >= 11 is 0. The van der Waals surface area contributed by atoms with Crippen LogP contribution in [0.1, 0.15) is 48.5 Å². The minimum Gasteiger partial charge on any atom is -0.413 e. The molecule has 0 aromatic carbocycles. The lowest BCUT2D eigenvalue weighted by molar-refractivity contribution is 0.105. The highest BCUT2D eigenvalue weighted by Gasteiger charge is 2.47. The zero-order valence-corrected chi connectivity index (χ0v) is 14.3. The van der Waals surface area contributed by atoms with Crippen LogP contribution < -0.4 is 0 Å². The first-order valence-corrected chi connectivity index (χ1v) is 10.1. The maximum absolute atomic E-state index is 6.67. The van der Waals surface area contributed by atoms with Crippen LogP contribution in [0.25, 0.3) is 0 Å². The Bertz CT molecular complexity index is 253. The van der Waals surface area contributed by atoms with Crippen molar-refractivity contribution in [2.75, 3.05) is 0 Å². The lowest BCUT2D eigenvalue weighted by atomic mass is 9.92. The van der Waals surface area contributed by atoms with Crippen LogP contribution in [-0.2, 0) is 4.43 Å². The fourth-order valence-electron chi connectivity index (χ4n) is 2.77. The summed E-state index contributed by atoms with van der Waals surface area (Å²) in [5, 5.41) is 0.321. The zero-order chi connectivity index (χ0) is 13.6. The van der Waals surface area contributed by atoms with E-state index in [0.717, 1.165) is 11.8 Å². The Hall–Kier alpha value is 0.177. The van der Waals surface area contributed by atoms with Crippen LogP contribution >= 0.6 is 0 Å². The molecule has 102 valence electrons. The van der Waals surface area contributed by atoms with E-state index < -0.39 is 8.32 Å². The third kappa shape index (κ3) is 2.78. The molecule has 1 rings (SSSR count). The number of rotatable bonds is 2. The highest BCUT2D eigenvalue weighted by molar-refractivity contribution is 6.74. The Kier molecular flexibility index (Phi) is 4.21. The Labute approximate surface area is 109 Å². The smallest absolute Gasteiger partial charge is 0.192 e. The minimum atomic E-state index is -1.61. The molecule has 1 saturated carbocycles. The highest BCUT2D eigenvalue weighted by atomic mass is 28.4. The van der Waals surface area contributed by atoms with E-state index in [1.54, 1.807) is 0 Å². The third-order valence-corrected chi connectivity index (χ3v) is 10.2. The lowest BCUT2D eigenvalue weighted by Crippen LogP contribution is -2.46. The maximum atomic E-state index is 6.67. The average molecular weight is 257 g/mol. The molecule has 0 N–H and O–H groups in total. The van der Waals surface area contributed by atoms with Crippen molar-refractivity contribution in [2.24, 2.45) is 23.7 Å². The molecule has 1 aliphatic rings. The molecule has 0 amide bonds. The first-order valence-electron chi connectivity index (χ1n) is 7.17. The van der Waals surface area contributed by atoms with Crippen LogP contribution in [0.4, 0.5) is 0 Å². The van der Waals surface area contributed by atoms with Crippen molar-refractivity contribution in [1.82, 2.24) is 0 Å². The molecule has 17 heavy (non-hydrogen) atoms. The zero-order valence-electron chi connectivity index (χ0n) is 13.3. The van der Waals surface area contributed by atoms with E-state index in [-0.39, 0.29) is 0 Å². The van der Waals surface area contributed by atoms with Crippen LogP contribution in [0.5, 0.6) is 0 Å². The van der Waals surface area contributed by atoms with Gasteiger partial charge in [0.15, 0.2) is 8.32 Å². The van der Waals surface area contributed by atoms with Crippen LogP contribution in [0.2, 0.25) is 18.1 Å². The standard InChI is InChI=1S/C15H32OSi/c1-10-11(2)13(4)14(12(10)3)16-17(8,9)15(5,6)7/h10-14H,1-9H3. The van der Waals surface area contributed by atoms with E-state index in [1.165, 1.54) is 0 Å². The van der Waals surface area contributed by atoms with Crippen LogP contribution in [0.15, 0.2) is 0 Å². The molecule has 0 spiro atoms. The van der Waals surface area contributed by atoms with Gasteiger partial charge in [0, 0.05) is 0 Å². The molecule has 1 aliphatic carbocycles. The summed E-state index contributed by atoms with van der Waals surface area (Å²) in [7, 11) is -1.61. The molecular formula is C15H32OSi. The quantitative estimate of drug-likeness (QED) is 0.636. The number of hydrogen-bond donors (Lipinski definition) is 0. The molecule has 0 aromatic rings. The van der Waals surface area contributed by atoms with E-state index in [4.69, 9.17) is 4.43 Å². The Morgan fingerprint density at radius 1 is 0.765 bits per heavy atom. The van der Waals surface area contributed by atoms with Gasteiger partial charge in [-0.3, -0.25) is 0 Å². The normalized spacial score (nSPS) is 39.7. The largest absolute Gasteiger partial charge is 0.413 e. The average Bonchev–Trinajstić information content (AvgIpc) is 2.34. The minimum absolute atomic E-state index is 0.321. The molecule has 4 atom stereocenters. The summed E-state index contributed by atoms with van der Waals surface area (Å²) in [5.41, 5.74) is 0. The second-order valence-corrected chi connectivity index (χ2v) is 12.5. The molecule has 0 aromatic heterocycles. The van der Waals surface area contributed by atoms with Crippen LogP contribution in [-0.4, -0.2) is 14.4 Å². The van der Waals surface area contributed by atoms with Crippen molar-refractivity contribution in [3.05, 3.63) is 0 Å². The van der Waals surface area contributed by atoms with Crippen LogP contribution in [0.3, 0.4) is 0 Å². The fraction of sp³-hybridized carbons (Fsp3) is 1.00. The van der Waals surface area contributed by atoms with Gasteiger partial charge in [-0.1, -0.05) is 48.5 Å². The second-order valence-electron chi connectivity index (χ2n) is 7.78. The van der Waals surface area contributed by atoms with Gasteiger partial charge in [-0.25, -0.2) is 0 Å². The van der Waals surface area contributed by atoms with Crippen molar-refractivity contribution < 1.29 is 4.43 Å². The van der Waals surface area contributed by atoms with Gasteiger partial charge >= 0.3 is 0 Å². The molecule has 0 aliphatic heterocycles. The maximum Gasteiger partial charge on any atom is 0.192 e. The molecule has 1 fully saturated rings. The molecule has 4 unspecified atom stereocenters. The molecule has 0 radical (unpaired) electrons. The van der Waals surface area contributed by atoms with Crippen molar-refractivity contribution in [1.29, 1.82) is 0 Å². The van der Waals surface area contributed by atoms with Gasteiger partial charge in [-0.2, -0.15) is 0 Å². The van der Waals surface area contributed by atoms with Crippen molar-refractivity contribution in [3.63, 3.8) is 0 Å². The van der Waals surface area contributed by atoms with Gasteiger partial charge in [0.2, 0.25) is 0 Å². The SMILES string of the molecule is CC1C(C)C(C)C(O[Si](C)(C)C(C)(C)C)C1C. The summed E-state index contributed by atoms with van der Waals surface area (Å²) in [4.78, 5) is 0. The first-order chi connectivity index (χ1) is 7.49. The summed E-state index contributed by atoms with van der Waals surface area (Å²) in [5.74, 6) is 2.99. The topological polar surface area (TPSA) is 9.23 Å². The van der Waals surface area contributed by atoms with Gasteiger partial charge < -0.3 is 4.43 Å². The molecule has 0 bridgehead atoms. The van der Waals surface area contributed by atoms with E-state index in [2.05, 4.69) is 61.6 Å². The van der Waals surface area contributed by atoms with Gasteiger partial charge in [0.05, 0.1) is 6.10 Å². The molecular weight excluding hydrogens is 224 g/mol. The second kappa shape index (κ2) is 4.69. The summed E-state index contributed by atoms with van der Waals surface area (Å²) in [6.07, 6.45) is 0.473. The molecule has 2 heteroatoms. The monoisotopic (exact) mass is 256 g/mol.